The molecule has 22 heavy (non-hydrogen) atoms. The van der Waals surface area contributed by atoms with Gasteiger partial charge in [0.2, 0.25) is 0 Å². The molecular formula is C18H27BNO2. The number of fused-ring (bicyclic) bond motifs is 1. The van der Waals surface area contributed by atoms with Crippen LogP contribution in [-0.4, -0.2) is 29.8 Å². The van der Waals surface area contributed by atoms with Crippen LogP contribution in [0.25, 0.3) is 11.1 Å². The predicted molar refractivity (Wildman–Crippen MR) is 91.9 cm³/mol. The lowest BCUT2D eigenvalue weighted by molar-refractivity contribution is 0.340. The summed E-state index contributed by atoms with van der Waals surface area (Å²) in [6, 6.07) is 8.86. The summed E-state index contributed by atoms with van der Waals surface area (Å²) >= 11 is 0. The smallest absolute Gasteiger partial charge is 0.429 e. The minimum absolute atomic E-state index is 0. The first-order valence-corrected chi connectivity index (χ1v) is 8.87. The SMILES string of the molecule is O[B]O.c1c2cc(N(C3CCCCC3)C3CCCCC3)cc1-2. The van der Waals surface area contributed by atoms with Crippen molar-refractivity contribution >= 4 is 13.4 Å². The molecule has 0 aromatic rings. The number of benzene rings is 1. The number of rotatable bonds is 3. The summed E-state index contributed by atoms with van der Waals surface area (Å²) in [5.41, 5.74) is 4.56. The van der Waals surface area contributed by atoms with Gasteiger partial charge < -0.3 is 14.9 Å². The van der Waals surface area contributed by atoms with E-state index in [-0.39, 0.29) is 7.69 Å². The summed E-state index contributed by atoms with van der Waals surface area (Å²) in [6.07, 6.45) is 14.4. The first-order chi connectivity index (χ1) is 10.8. The molecule has 4 heteroatoms. The average molecular weight is 300 g/mol. The zero-order chi connectivity index (χ0) is 15.4. The Labute approximate surface area is 134 Å². The zero-order valence-corrected chi connectivity index (χ0v) is 13.4. The van der Waals surface area contributed by atoms with E-state index in [0.29, 0.717) is 0 Å². The molecule has 4 aliphatic rings. The molecular weight excluding hydrogens is 273 g/mol. The molecule has 0 amide bonds. The second kappa shape index (κ2) is 7.52. The number of nitrogens with zero attached hydrogens (tertiary/aromatic N) is 1. The average Bonchev–Trinajstić information content (AvgIpc) is 3.17. The van der Waals surface area contributed by atoms with Crippen LogP contribution in [-0.2, 0) is 0 Å². The Morgan fingerprint density at radius 1 is 0.727 bits per heavy atom. The fourth-order valence-electron chi connectivity index (χ4n) is 4.33. The summed E-state index contributed by atoms with van der Waals surface area (Å²) in [7, 11) is 0. The van der Waals surface area contributed by atoms with Gasteiger partial charge in [-0.1, -0.05) is 38.5 Å². The lowest BCUT2D eigenvalue weighted by Crippen LogP contribution is -2.45. The molecule has 0 saturated heterocycles. The summed E-state index contributed by atoms with van der Waals surface area (Å²) in [5, 5.41) is 14.0. The molecule has 0 spiro atoms. The largest absolute Gasteiger partial charge is 0.482 e. The van der Waals surface area contributed by atoms with E-state index in [1.807, 2.05) is 0 Å². The number of anilines is 1. The molecule has 0 aliphatic heterocycles. The van der Waals surface area contributed by atoms with Gasteiger partial charge in [-0.15, -0.1) is 0 Å². The summed E-state index contributed by atoms with van der Waals surface area (Å²) < 4.78 is 0. The maximum Gasteiger partial charge on any atom is 0.482 e. The lowest BCUT2D eigenvalue weighted by atomic mass is 9.88. The molecule has 0 bridgehead atoms. The predicted octanol–water partition coefficient (Wildman–Crippen LogP) is 3.64. The third-order valence-corrected chi connectivity index (χ3v) is 5.40. The van der Waals surface area contributed by atoms with Gasteiger partial charge in [0, 0.05) is 17.8 Å². The number of hydrogen-bond donors (Lipinski definition) is 2. The monoisotopic (exact) mass is 300 g/mol. The molecule has 0 aromatic carbocycles. The summed E-state index contributed by atoms with van der Waals surface area (Å²) in [6.45, 7) is 0. The second-order valence-corrected chi connectivity index (χ2v) is 6.87. The molecule has 0 aromatic heterocycles. The molecule has 0 atom stereocenters. The molecule has 0 heterocycles. The van der Waals surface area contributed by atoms with Gasteiger partial charge in [0.1, 0.15) is 0 Å². The van der Waals surface area contributed by atoms with Gasteiger partial charge in [-0.3, -0.25) is 0 Å². The maximum absolute atomic E-state index is 7.00. The number of hydrogen-bond acceptors (Lipinski definition) is 3. The van der Waals surface area contributed by atoms with Crippen LogP contribution >= 0.6 is 0 Å². The molecule has 1 radical (unpaired) electrons. The second-order valence-electron chi connectivity index (χ2n) is 6.87. The Kier molecular flexibility index (Phi) is 5.43. The van der Waals surface area contributed by atoms with E-state index in [1.54, 1.807) is 5.69 Å². The van der Waals surface area contributed by atoms with Crippen LogP contribution in [0.5, 0.6) is 0 Å². The molecule has 4 rings (SSSR count). The van der Waals surface area contributed by atoms with Crippen LogP contribution in [0.15, 0.2) is 18.2 Å². The normalized spacial score (nSPS) is 20.8. The van der Waals surface area contributed by atoms with E-state index in [9.17, 15) is 0 Å². The van der Waals surface area contributed by atoms with Crippen LogP contribution < -0.4 is 4.90 Å². The minimum atomic E-state index is 0. The third-order valence-electron chi connectivity index (χ3n) is 5.40. The molecule has 2 fully saturated rings. The van der Waals surface area contributed by atoms with Gasteiger partial charge in [-0.25, -0.2) is 0 Å². The van der Waals surface area contributed by atoms with E-state index < -0.39 is 0 Å². The Hall–Kier alpha value is -0.995. The van der Waals surface area contributed by atoms with Crippen molar-refractivity contribution in [1.29, 1.82) is 0 Å². The van der Waals surface area contributed by atoms with Gasteiger partial charge in [0.25, 0.3) is 0 Å². The minimum Gasteiger partial charge on any atom is -0.429 e. The van der Waals surface area contributed by atoms with Crippen molar-refractivity contribution in [2.24, 2.45) is 0 Å². The summed E-state index contributed by atoms with van der Waals surface area (Å²) in [4.78, 5) is 2.85. The molecule has 119 valence electrons. The molecule has 0 unspecified atom stereocenters. The Morgan fingerprint density at radius 3 is 1.55 bits per heavy atom. The highest BCUT2D eigenvalue weighted by molar-refractivity contribution is 6.13. The van der Waals surface area contributed by atoms with Gasteiger partial charge in [0.05, 0.1) is 0 Å². The van der Waals surface area contributed by atoms with Crippen molar-refractivity contribution in [2.45, 2.75) is 76.3 Å². The van der Waals surface area contributed by atoms with Crippen molar-refractivity contribution < 1.29 is 10.0 Å². The van der Waals surface area contributed by atoms with Crippen LogP contribution in [0.2, 0.25) is 0 Å². The molecule has 2 saturated carbocycles. The molecule has 4 aliphatic carbocycles. The van der Waals surface area contributed by atoms with Crippen LogP contribution in [0.3, 0.4) is 0 Å². The fourth-order valence-corrected chi connectivity index (χ4v) is 4.33. The summed E-state index contributed by atoms with van der Waals surface area (Å²) in [5.74, 6) is 0. The topological polar surface area (TPSA) is 43.7 Å². The fraction of sp³-hybridized carbons (Fsp3) is 0.667. The van der Waals surface area contributed by atoms with E-state index in [1.165, 1.54) is 75.3 Å². The Balaban J connectivity index is 0.000000446. The highest BCUT2D eigenvalue weighted by Crippen LogP contribution is 2.43. The van der Waals surface area contributed by atoms with Gasteiger partial charge in [-0.05, 0) is 55.0 Å². The van der Waals surface area contributed by atoms with Crippen LogP contribution in [0.1, 0.15) is 64.2 Å². The maximum atomic E-state index is 7.00. The van der Waals surface area contributed by atoms with Gasteiger partial charge in [0.15, 0.2) is 0 Å². The first kappa shape index (κ1) is 15.9. The van der Waals surface area contributed by atoms with Gasteiger partial charge in [-0.2, -0.15) is 0 Å². The highest BCUT2D eigenvalue weighted by Gasteiger charge is 2.31. The van der Waals surface area contributed by atoms with E-state index in [2.05, 4.69) is 23.1 Å². The van der Waals surface area contributed by atoms with Crippen molar-refractivity contribution in [3.05, 3.63) is 18.2 Å². The third kappa shape index (κ3) is 3.66. The van der Waals surface area contributed by atoms with Crippen molar-refractivity contribution in [2.75, 3.05) is 4.90 Å². The lowest BCUT2D eigenvalue weighted by Gasteiger charge is -2.43. The standard InChI is InChI=1S/C18H25N.BH2O2/c1-3-7-16(8-4-1)19(17-9-5-2-6-10-17)18-12-14-11-15(14)13-18;2-1-3/h11-13,16-17H,1-10H2;2-3H. The van der Waals surface area contributed by atoms with Gasteiger partial charge >= 0.3 is 7.69 Å². The quantitative estimate of drug-likeness (QED) is 0.851. The first-order valence-electron chi connectivity index (χ1n) is 8.87. The van der Waals surface area contributed by atoms with E-state index in [0.717, 1.165) is 12.1 Å². The molecule has 3 nitrogen and oxygen atoms in total. The van der Waals surface area contributed by atoms with E-state index >= 15 is 0 Å². The zero-order valence-electron chi connectivity index (χ0n) is 13.4. The Morgan fingerprint density at radius 2 is 1.14 bits per heavy atom. The van der Waals surface area contributed by atoms with Crippen molar-refractivity contribution in [1.82, 2.24) is 0 Å². The van der Waals surface area contributed by atoms with Crippen LogP contribution in [0.4, 0.5) is 5.69 Å². The van der Waals surface area contributed by atoms with Crippen LogP contribution in [0, 0.1) is 0 Å². The Bertz CT molecular complexity index is 444. The van der Waals surface area contributed by atoms with Crippen molar-refractivity contribution in [3.63, 3.8) is 0 Å². The van der Waals surface area contributed by atoms with Crippen molar-refractivity contribution in [3.8, 4) is 11.1 Å². The highest BCUT2D eigenvalue weighted by atomic mass is 16.4. The molecule has 2 N–H and O–H groups in total. The van der Waals surface area contributed by atoms with E-state index in [4.69, 9.17) is 10.0 Å².